The summed E-state index contributed by atoms with van der Waals surface area (Å²) in [4.78, 5) is 24.4. The van der Waals surface area contributed by atoms with Crippen LogP contribution in [-0.4, -0.2) is 29.7 Å². The number of carbonyl (C=O) groups is 2. The minimum atomic E-state index is -1.05. The minimum absolute atomic E-state index is 0.476. The Bertz CT molecular complexity index is 884. The van der Waals surface area contributed by atoms with Gasteiger partial charge in [-0.3, -0.25) is 14.9 Å². The van der Waals surface area contributed by atoms with Crippen molar-refractivity contribution < 1.29 is 19.4 Å². The van der Waals surface area contributed by atoms with Gasteiger partial charge in [0.05, 0.1) is 17.9 Å². The largest absolute Gasteiger partial charge is 0.481 e. The van der Waals surface area contributed by atoms with Gasteiger partial charge in [-0.15, -0.1) is 6.42 Å². The SMILES string of the molecule is C#CC#CC#CC#CNC(=O)C(C)C(C(=O)O)C(CC)OCCCCCCCCCCCCCCCCCC. The lowest BCUT2D eigenvalue weighted by atomic mass is 9.87. The summed E-state index contributed by atoms with van der Waals surface area (Å²) in [5.74, 6) is 10.9. The zero-order valence-corrected chi connectivity index (χ0v) is 24.7. The van der Waals surface area contributed by atoms with E-state index in [1.807, 2.05) is 6.92 Å². The first kappa shape index (κ1) is 36.1. The number of aliphatic carboxylic acids is 1. The molecule has 3 unspecified atom stereocenters. The number of terminal acetylenes is 1. The molecule has 0 aliphatic heterocycles. The molecule has 0 bridgehead atoms. The lowest BCUT2D eigenvalue weighted by Gasteiger charge is -2.27. The smallest absolute Gasteiger partial charge is 0.309 e. The molecule has 5 heteroatoms. The standard InChI is InChI=1S/C34H51NO4/c1-5-8-10-12-14-15-16-17-18-19-20-21-22-23-25-27-29-39-31(7-3)32(34(37)38)30(4)33(36)35-28-26-24-13-11-9-6-2/h2,30-32H,5,7-8,10,12,14-23,25,27,29H2,1,3-4H3,(H,35,36)(H,37,38). The monoisotopic (exact) mass is 537 g/mol. The zero-order valence-electron chi connectivity index (χ0n) is 24.7. The number of hydrogen-bond donors (Lipinski definition) is 2. The maximum atomic E-state index is 12.4. The first-order chi connectivity index (χ1) is 19.0. The van der Waals surface area contributed by atoms with Crippen LogP contribution in [0.5, 0.6) is 0 Å². The first-order valence-electron chi connectivity index (χ1n) is 15.1. The second-order valence-corrected chi connectivity index (χ2v) is 10.2. The van der Waals surface area contributed by atoms with Gasteiger partial charge in [-0.1, -0.05) is 117 Å². The molecule has 0 spiro atoms. The summed E-state index contributed by atoms with van der Waals surface area (Å²) in [6.07, 6.45) is 25.8. The van der Waals surface area contributed by atoms with Crippen LogP contribution in [0.2, 0.25) is 0 Å². The number of carboxylic acid groups (broad SMARTS) is 1. The lowest BCUT2D eigenvalue weighted by Crippen LogP contribution is -2.41. The highest BCUT2D eigenvalue weighted by Gasteiger charge is 2.36. The molecule has 39 heavy (non-hydrogen) atoms. The second kappa shape index (κ2) is 26.7. The highest BCUT2D eigenvalue weighted by Crippen LogP contribution is 2.22. The van der Waals surface area contributed by atoms with E-state index < -0.39 is 29.8 Å². The highest BCUT2D eigenvalue weighted by atomic mass is 16.5. The summed E-state index contributed by atoms with van der Waals surface area (Å²) in [5.41, 5.74) is 0. The summed E-state index contributed by atoms with van der Waals surface area (Å²) in [7, 11) is 0. The maximum Gasteiger partial charge on any atom is 0.309 e. The van der Waals surface area contributed by atoms with Gasteiger partial charge in [0.25, 0.3) is 0 Å². The van der Waals surface area contributed by atoms with Gasteiger partial charge in [0, 0.05) is 30.4 Å². The van der Waals surface area contributed by atoms with E-state index in [1.165, 1.54) is 89.9 Å². The summed E-state index contributed by atoms with van der Waals surface area (Å²) in [6.45, 7) is 6.23. The zero-order chi connectivity index (χ0) is 29.0. The molecule has 0 aromatic carbocycles. The van der Waals surface area contributed by atoms with Gasteiger partial charge < -0.3 is 9.84 Å². The van der Waals surface area contributed by atoms with E-state index in [2.05, 4.69) is 53.8 Å². The Labute approximate surface area is 239 Å². The molecule has 0 radical (unpaired) electrons. The van der Waals surface area contributed by atoms with Gasteiger partial charge in [-0.25, -0.2) is 0 Å². The number of ether oxygens (including phenoxy) is 1. The van der Waals surface area contributed by atoms with Gasteiger partial charge >= 0.3 is 5.97 Å². The molecule has 0 aliphatic rings. The third-order valence-electron chi connectivity index (χ3n) is 6.94. The fraction of sp³-hybridized carbons (Fsp3) is 0.706. The summed E-state index contributed by atoms with van der Waals surface area (Å²) in [6, 6.07) is 2.42. The molecule has 3 atom stereocenters. The van der Waals surface area contributed by atoms with Crippen molar-refractivity contribution in [1.82, 2.24) is 5.32 Å². The molecule has 1 amide bonds. The third-order valence-corrected chi connectivity index (χ3v) is 6.94. The van der Waals surface area contributed by atoms with E-state index in [0.29, 0.717) is 13.0 Å². The van der Waals surface area contributed by atoms with Gasteiger partial charge in [-0.05, 0) is 30.6 Å². The van der Waals surface area contributed by atoms with Crippen molar-refractivity contribution >= 4 is 11.9 Å². The quantitative estimate of drug-likeness (QED) is 0.0828. The van der Waals surface area contributed by atoms with Crippen LogP contribution in [0.3, 0.4) is 0 Å². The van der Waals surface area contributed by atoms with E-state index in [-0.39, 0.29) is 0 Å². The molecule has 0 heterocycles. The Kier molecular flexibility index (Phi) is 24.8. The van der Waals surface area contributed by atoms with Crippen LogP contribution in [0.25, 0.3) is 0 Å². The maximum absolute atomic E-state index is 12.4. The summed E-state index contributed by atoms with van der Waals surface area (Å²) >= 11 is 0. The van der Waals surface area contributed by atoms with Crippen LogP contribution >= 0.6 is 0 Å². The second-order valence-electron chi connectivity index (χ2n) is 10.2. The van der Waals surface area contributed by atoms with Crippen molar-refractivity contribution in [1.29, 1.82) is 0 Å². The molecule has 2 N–H and O–H groups in total. The Morgan fingerprint density at radius 1 is 0.744 bits per heavy atom. The van der Waals surface area contributed by atoms with Crippen molar-refractivity contribution in [2.75, 3.05) is 6.61 Å². The molecule has 0 aliphatic carbocycles. The first-order valence-corrected chi connectivity index (χ1v) is 15.1. The number of carbonyl (C=O) groups excluding carboxylic acids is 1. The average molecular weight is 538 g/mol. The van der Waals surface area contributed by atoms with Crippen LogP contribution in [0.15, 0.2) is 0 Å². The van der Waals surface area contributed by atoms with Gasteiger partial charge in [0.15, 0.2) is 0 Å². The number of hydrogen-bond acceptors (Lipinski definition) is 3. The number of amides is 1. The van der Waals surface area contributed by atoms with E-state index in [0.717, 1.165) is 12.8 Å². The molecule has 0 aromatic heterocycles. The lowest BCUT2D eigenvalue weighted by molar-refractivity contribution is -0.154. The Morgan fingerprint density at radius 3 is 1.67 bits per heavy atom. The topological polar surface area (TPSA) is 75.6 Å². The van der Waals surface area contributed by atoms with Crippen molar-refractivity contribution in [2.45, 2.75) is 136 Å². The van der Waals surface area contributed by atoms with E-state index in [9.17, 15) is 14.7 Å². The summed E-state index contributed by atoms with van der Waals surface area (Å²) in [5, 5.41) is 12.2. The van der Waals surface area contributed by atoms with E-state index >= 15 is 0 Å². The van der Waals surface area contributed by atoms with Gasteiger partial charge in [0.1, 0.15) is 0 Å². The molecular formula is C34H51NO4. The predicted molar refractivity (Wildman–Crippen MR) is 160 cm³/mol. The Morgan fingerprint density at radius 2 is 1.21 bits per heavy atom. The normalized spacial score (nSPS) is 12.3. The molecule has 0 aromatic rings. The van der Waals surface area contributed by atoms with Crippen molar-refractivity contribution in [3.63, 3.8) is 0 Å². The minimum Gasteiger partial charge on any atom is -0.481 e. The van der Waals surface area contributed by atoms with Crippen LogP contribution in [0, 0.1) is 59.8 Å². The fourth-order valence-corrected chi connectivity index (χ4v) is 4.59. The highest BCUT2D eigenvalue weighted by molar-refractivity contribution is 5.85. The number of carboxylic acids is 1. The average Bonchev–Trinajstić information content (AvgIpc) is 2.92. The molecule has 0 rings (SSSR count). The van der Waals surface area contributed by atoms with Crippen molar-refractivity contribution in [2.24, 2.45) is 11.8 Å². The third kappa shape index (κ3) is 20.7. The van der Waals surface area contributed by atoms with Crippen molar-refractivity contribution in [3.8, 4) is 48.0 Å². The molecule has 216 valence electrons. The number of rotatable bonds is 23. The summed E-state index contributed by atoms with van der Waals surface area (Å²) < 4.78 is 5.94. The van der Waals surface area contributed by atoms with Gasteiger partial charge in [0.2, 0.25) is 5.91 Å². The van der Waals surface area contributed by atoms with E-state index in [4.69, 9.17) is 11.2 Å². The van der Waals surface area contributed by atoms with Crippen LogP contribution in [0.4, 0.5) is 0 Å². The molecule has 0 fully saturated rings. The molecule has 0 saturated heterocycles. The Balaban J connectivity index is 4.08. The van der Waals surface area contributed by atoms with Gasteiger partial charge in [-0.2, -0.15) is 0 Å². The fourth-order valence-electron chi connectivity index (χ4n) is 4.59. The molecular weight excluding hydrogens is 486 g/mol. The van der Waals surface area contributed by atoms with Crippen molar-refractivity contribution in [3.05, 3.63) is 0 Å². The van der Waals surface area contributed by atoms with Crippen LogP contribution < -0.4 is 5.32 Å². The van der Waals surface area contributed by atoms with E-state index in [1.54, 1.807) is 6.92 Å². The number of unbranched alkanes of at least 4 members (excludes halogenated alkanes) is 15. The molecule has 0 saturated carbocycles. The number of nitrogens with one attached hydrogen (secondary N) is 1. The van der Waals surface area contributed by atoms with Crippen LogP contribution in [0.1, 0.15) is 130 Å². The van der Waals surface area contributed by atoms with Crippen LogP contribution in [-0.2, 0) is 14.3 Å². The predicted octanol–water partition coefficient (Wildman–Crippen LogP) is 7.10. The Hall–Kier alpha value is -2.86. The molecule has 5 nitrogen and oxygen atoms in total.